The summed E-state index contributed by atoms with van der Waals surface area (Å²) >= 11 is 0. The van der Waals surface area contributed by atoms with Crippen LogP contribution in [0.1, 0.15) is 29.2 Å². The smallest absolute Gasteiger partial charge is 0.344 e. The number of fused-ring (bicyclic) bond motifs is 3. The maximum absolute atomic E-state index is 12.8. The molecule has 1 unspecified atom stereocenters. The van der Waals surface area contributed by atoms with Gasteiger partial charge < -0.3 is 15.1 Å². The van der Waals surface area contributed by atoms with Gasteiger partial charge in [0.15, 0.2) is 0 Å². The normalized spacial score (nSPS) is 19.2. The Bertz CT molecular complexity index is 1070. The summed E-state index contributed by atoms with van der Waals surface area (Å²) in [6.45, 7) is 5.69. The third-order valence-corrected chi connectivity index (χ3v) is 4.86. The number of anilines is 1. The maximum Gasteiger partial charge on any atom is 0.344 e. The van der Waals surface area contributed by atoms with Gasteiger partial charge in [-0.3, -0.25) is 0 Å². The molecule has 2 heterocycles. The van der Waals surface area contributed by atoms with E-state index in [0.29, 0.717) is 16.8 Å². The van der Waals surface area contributed by atoms with Gasteiger partial charge in [0.1, 0.15) is 5.58 Å². The first-order valence-electron chi connectivity index (χ1n) is 8.13. The van der Waals surface area contributed by atoms with Crippen LogP contribution in [0.25, 0.3) is 11.0 Å². The highest BCUT2D eigenvalue weighted by Crippen LogP contribution is 2.39. The Hall–Kier alpha value is -3.08. The molecule has 2 aromatic carbocycles. The third-order valence-electron chi connectivity index (χ3n) is 4.86. The first kappa shape index (κ1) is 15.4. The molecule has 1 aromatic heterocycles. The summed E-state index contributed by atoms with van der Waals surface area (Å²) in [7, 11) is 0. The van der Waals surface area contributed by atoms with Crippen molar-refractivity contribution in [3.63, 3.8) is 0 Å². The summed E-state index contributed by atoms with van der Waals surface area (Å²) in [4.78, 5) is 25.2. The highest BCUT2D eigenvalue weighted by molar-refractivity contribution is 6.04. The predicted molar refractivity (Wildman–Crippen MR) is 97.0 cm³/mol. The zero-order chi connectivity index (χ0) is 17.8. The number of amides is 2. The van der Waals surface area contributed by atoms with E-state index in [1.165, 1.54) is 0 Å². The summed E-state index contributed by atoms with van der Waals surface area (Å²) in [5.41, 5.74) is 2.79. The number of benzene rings is 2. The van der Waals surface area contributed by atoms with Crippen LogP contribution in [0.4, 0.5) is 10.5 Å². The minimum Gasteiger partial charge on any atom is -0.422 e. The van der Waals surface area contributed by atoms with Gasteiger partial charge in [-0.05, 0) is 38.0 Å². The van der Waals surface area contributed by atoms with Crippen LogP contribution in [0, 0.1) is 13.8 Å². The molecule has 0 saturated heterocycles. The summed E-state index contributed by atoms with van der Waals surface area (Å²) in [6, 6.07) is 13.0. The summed E-state index contributed by atoms with van der Waals surface area (Å²) < 4.78 is 5.62. The van der Waals surface area contributed by atoms with Gasteiger partial charge in [0.25, 0.3) is 0 Å². The van der Waals surface area contributed by atoms with Crippen LogP contribution in [0.5, 0.6) is 0 Å². The fraction of sp³-hybridized carbons (Fsp3) is 0.200. The summed E-state index contributed by atoms with van der Waals surface area (Å²) in [5, 5.41) is 6.42. The fourth-order valence-electron chi connectivity index (χ4n) is 3.49. The molecule has 1 aliphatic heterocycles. The molecule has 4 rings (SSSR count). The molecule has 25 heavy (non-hydrogen) atoms. The molecule has 0 radical (unpaired) electrons. The van der Waals surface area contributed by atoms with Crippen LogP contribution < -0.4 is 16.3 Å². The predicted octanol–water partition coefficient (Wildman–Crippen LogP) is 3.81. The SMILES string of the molecule is Cc1ccc(C2(C)NC(=O)Nc3c2c(=O)oc2c(C)cccc32)cc1. The highest BCUT2D eigenvalue weighted by Gasteiger charge is 2.41. The van der Waals surface area contributed by atoms with Crippen LogP contribution in [0.2, 0.25) is 0 Å². The van der Waals surface area contributed by atoms with Gasteiger partial charge in [-0.1, -0.05) is 42.0 Å². The van der Waals surface area contributed by atoms with Crippen molar-refractivity contribution in [3.05, 3.63) is 75.1 Å². The Morgan fingerprint density at radius 1 is 1.00 bits per heavy atom. The van der Waals surface area contributed by atoms with E-state index < -0.39 is 11.2 Å². The number of hydrogen-bond donors (Lipinski definition) is 2. The largest absolute Gasteiger partial charge is 0.422 e. The molecule has 0 fully saturated rings. The molecule has 3 aromatic rings. The van der Waals surface area contributed by atoms with Crippen molar-refractivity contribution in [1.82, 2.24) is 5.32 Å². The molecule has 0 spiro atoms. The number of urea groups is 1. The quantitative estimate of drug-likeness (QED) is 0.665. The average Bonchev–Trinajstić information content (AvgIpc) is 2.56. The monoisotopic (exact) mass is 334 g/mol. The van der Waals surface area contributed by atoms with Crippen LogP contribution in [-0.4, -0.2) is 6.03 Å². The van der Waals surface area contributed by atoms with E-state index in [9.17, 15) is 9.59 Å². The van der Waals surface area contributed by atoms with E-state index >= 15 is 0 Å². The molecule has 0 aliphatic carbocycles. The number of nitrogens with one attached hydrogen (secondary N) is 2. The zero-order valence-electron chi connectivity index (χ0n) is 14.3. The lowest BCUT2D eigenvalue weighted by molar-refractivity contribution is 0.241. The zero-order valence-corrected chi connectivity index (χ0v) is 14.3. The highest BCUT2D eigenvalue weighted by atomic mass is 16.4. The van der Waals surface area contributed by atoms with Crippen molar-refractivity contribution in [2.24, 2.45) is 0 Å². The molecule has 1 atom stereocenters. The van der Waals surface area contributed by atoms with Crippen molar-refractivity contribution in [2.75, 3.05) is 5.32 Å². The minimum atomic E-state index is -0.968. The van der Waals surface area contributed by atoms with Gasteiger partial charge in [0.05, 0.1) is 16.8 Å². The number of hydrogen-bond acceptors (Lipinski definition) is 3. The number of carbonyl (C=O) groups excluding carboxylic acids is 1. The lowest BCUT2D eigenvalue weighted by Gasteiger charge is -2.36. The van der Waals surface area contributed by atoms with Crippen molar-refractivity contribution < 1.29 is 9.21 Å². The lowest BCUT2D eigenvalue weighted by atomic mass is 9.82. The second-order valence-corrected chi connectivity index (χ2v) is 6.66. The molecular weight excluding hydrogens is 316 g/mol. The van der Waals surface area contributed by atoms with Crippen LogP contribution in [-0.2, 0) is 5.54 Å². The number of para-hydroxylation sites is 1. The minimum absolute atomic E-state index is 0.344. The van der Waals surface area contributed by atoms with Gasteiger partial charge >= 0.3 is 11.7 Å². The molecule has 0 bridgehead atoms. The van der Waals surface area contributed by atoms with Crippen molar-refractivity contribution in [1.29, 1.82) is 0 Å². The second kappa shape index (κ2) is 5.21. The van der Waals surface area contributed by atoms with Crippen LogP contribution >= 0.6 is 0 Å². The maximum atomic E-state index is 12.8. The van der Waals surface area contributed by atoms with Crippen molar-refractivity contribution >= 4 is 22.7 Å². The van der Waals surface area contributed by atoms with Crippen molar-refractivity contribution in [3.8, 4) is 0 Å². The van der Waals surface area contributed by atoms with E-state index in [1.54, 1.807) is 0 Å². The molecule has 1 aliphatic rings. The number of carbonyl (C=O) groups is 1. The van der Waals surface area contributed by atoms with E-state index in [0.717, 1.165) is 22.1 Å². The number of aryl methyl sites for hydroxylation is 2. The first-order chi connectivity index (χ1) is 11.9. The molecule has 126 valence electrons. The number of rotatable bonds is 1. The van der Waals surface area contributed by atoms with Gasteiger partial charge in [0, 0.05) is 5.39 Å². The van der Waals surface area contributed by atoms with E-state index in [-0.39, 0.29) is 6.03 Å². The molecule has 0 saturated carbocycles. The molecule has 5 nitrogen and oxygen atoms in total. The topological polar surface area (TPSA) is 71.3 Å². The van der Waals surface area contributed by atoms with Gasteiger partial charge in [0.2, 0.25) is 0 Å². The molecule has 2 amide bonds. The van der Waals surface area contributed by atoms with E-state index in [4.69, 9.17) is 4.42 Å². The van der Waals surface area contributed by atoms with E-state index in [2.05, 4.69) is 10.6 Å². The van der Waals surface area contributed by atoms with Gasteiger partial charge in [-0.25, -0.2) is 9.59 Å². The lowest BCUT2D eigenvalue weighted by Crippen LogP contribution is -2.53. The Morgan fingerprint density at radius 2 is 1.72 bits per heavy atom. The third kappa shape index (κ3) is 2.23. The Morgan fingerprint density at radius 3 is 2.44 bits per heavy atom. The van der Waals surface area contributed by atoms with Crippen molar-refractivity contribution in [2.45, 2.75) is 26.3 Å². The molecule has 5 heteroatoms. The van der Waals surface area contributed by atoms with Gasteiger partial charge in [-0.2, -0.15) is 0 Å². The Labute approximate surface area is 144 Å². The fourth-order valence-corrected chi connectivity index (χ4v) is 3.49. The Balaban J connectivity index is 2.09. The average molecular weight is 334 g/mol. The summed E-state index contributed by atoms with van der Waals surface area (Å²) in [6.07, 6.45) is 0. The van der Waals surface area contributed by atoms with Crippen LogP contribution in [0.15, 0.2) is 51.7 Å². The van der Waals surface area contributed by atoms with Crippen LogP contribution in [0.3, 0.4) is 0 Å². The molecule has 2 N–H and O–H groups in total. The first-order valence-corrected chi connectivity index (χ1v) is 8.13. The molecular formula is C20H18N2O3. The Kier molecular flexibility index (Phi) is 3.22. The summed E-state index contributed by atoms with van der Waals surface area (Å²) in [5.74, 6) is 0. The van der Waals surface area contributed by atoms with Gasteiger partial charge in [-0.15, -0.1) is 0 Å². The standard InChI is InChI=1S/C20H18N2O3/c1-11-7-9-13(10-8-11)20(3)15-16(21-19(24)22-20)14-6-4-5-12(2)17(14)25-18(15)23/h4-10H,1-3H3,(H2,21,22,24). The second-order valence-electron chi connectivity index (χ2n) is 6.66. The van der Waals surface area contributed by atoms with E-state index in [1.807, 2.05) is 63.2 Å².